The van der Waals surface area contributed by atoms with Crippen LogP contribution in [0.3, 0.4) is 0 Å². The maximum Gasteiger partial charge on any atom is 0.280 e. The second-order valence-corrected chi connectivity index (χ2v) is 2.72. The molecule has 2 N–H and O–H groups in total. The van der Waals surface area contributed by atoms with Crippen molar-refractivity contribution in [3.8, 4) is 0 Å². The highest BCUT2D eigenvalue weighted by Crippen LogP contribution is 2.10. The second-order valence-electron chi connectivity index (χ2n) is 2.39. The molecule has 1 unspecified atom stereocenters. The monoisotopic (exact) mass is 196 g/mol. The average Bonchev–Trinajstić information content (AvgIpc) is 2.18. The summed E-state index contributed by atoms with van der Waals surface area (Å²) < 4.78 is 13.0. The normalized spacial score (nSPS) is 11.8. The van der Waals surface area contributed by atoms with Gasteiger partial charge in [0, 0.05) is 0 Å². The standard InChI is InChI=1S/C8H8N2O2S/c9-7(8(11)10-13-12)6-4-2-1-3-5-6/h1-5,7H,9H2. The molecule has 0 saturated carbocycles. The maximum atomic E-state index is 11.0. The number of carbonyl (C=O) groups is 1. The van der Waals surface area contributed by atoms with Gasteiger partial charge in [-0.05, 0) is 5.56 Å². The number of hydrogen-bond donors (Lipinski definition) is 1. The molecule has 1 rings (SSSR count). The van der Waals surface area contributed by atoms with Crippen LogP contribution in [-0.2, 0) is 16.3 Å². The number of benzene rings is 1. The lowest BCUT2D eigenvalue weighted by atomic mass is 10.1. The highest BCUT2D eigenvalue weighted by molar-refractivity contribution is 7.55. The first-order chi connectivity index (χ1) is 6.25. The van der Waals surface area contributed by atoms with Crippen LogP contribution in [0.2, 0.25) is 0 Å². The summed E-state index contributed by atoms with van der Waals surface area (Å²) in [5, 5.41) is 0. The molecule has 0 fully saturated rings. The van der Waals surface area contributed by atoms with Crippen LogP contribution < -0.4 is 5.73 Å². The molecule has 1 aromatic carbocycles. The lowest BCUT2D eigenvalue weighted by Crippen LogP contribution is -2.19. The lowest BCUT2D eigenvalue weighted by Gasteiger charge is -2.04. The largest absolute Gasteiger partial charge is 0.316 e. The molecular weight excluding hydrogens is 188 g/mol. The molecule has 0 bridgehead atoms. The van der Waals surface area contributed by atoms with Crippen molar-refractivity contribution in [1.29, 1.82) is 0 Å². The van der Waals surface area contributed by atoms with E-state index in [1.807, 2.05) is 6.07 Å². The Hall–Kier alpha value is -1.33. The molecule has 1 atom stereocenters. The number of amides is 1. The molecule has 0 aliphatic carbocycles. The highest BCUT2D eigenvalue weighted by Gasteiger charge is 2.13. The van der Waals surface area contributed by atoms with E-state index >= 15 is 0 Å². The SMILES string of the molecule is NC(C(=O)N=S=O)c1ccccc1. The Kier molecular flexibility index (Phi) is 3.48. The third-order valence-corrected chi connectivity index (χ3v) is 1.81. The molecule has 0 aliphatic heterocycles. The van der Waals surface area contributed by atoms with Crippen molar-refractivity contribution in [2.45, 2.75) is 6.04 Å². The number of nitrogens with zero attached hydrogens (tertiary/aromatic N) is 1. The van der Waals surface area contributed by atoms with Crippen LogP contribution in [0.5, 0.6) is 0 Å². The van der Waals surface area contributed by atoms with Crippen molar-refractivity contribution < 1.29 is 9.00 Å². The molecule has 68 valence electrons. The maximum absolute atomic E-state index is 11.0. The minimum Gasteiger partial charge on any atom is -0.316 e. The van der Waals surface area contributed by atoms with Gasteiger partial charge in [-0.2, -0.15) is 4.21 Å². The van der Waals surface area contributed by atoms with E-state index in [1.165, 1.54) is 0 Å². The third kappa shape index (κ3) is 2.57. The number of nitrogens with two attached hydrogens (primary N) is 1. The topological polar surface area (TPSA) is 72.5 Å². The van der Waals surface area contributed by atoms with Crippen LogP contribution in [0, 0.1) is 0 Å². The van der Waals surface area contributed by atoms with Gasteiger partial charge in [0.1, 0.15) is 6.04 Å². The second kappa shape index (κ2) is 4.64. The molecule has 5 heteroatoms. The molecule has 0 heterocycles. The van der Waals surface area contributed by atoms with Crippen LogP contribution >= 0.6 is 0 Å². The Morgan fingerprint density at radius 2 is 2.00 bits per heavy atom. The van der Waals surface area contributed by atoms with E-state index in [4.69, 9.17) is 5.73 Å². The van der Waals surface area contributed by atoms with E-state index in [0.29, 0.717) is 5.56 Å². The summed E-state index contributed by atoms with van der Waals surface area (Å²) in [5.41, 5.74) is 6.19. The lowest BCUT2D eigenvalue weighted by molar-refractivity contribution is -0.118. The molecule has 1 aromatic rings. The van der Waals surface area contributed by atoms with E-state index < -0.39 is 11.9 Å². The summed E-state index contributed by atoms with van der Waals surface area (Å²) in [6.07, 6.45) is 0. The molecule has 0 aliphatic rings. The molecule has 13 heavy (non-hydrogen) atoms. The van der Waals surface area contributed by atoms with Gasteiger partial charge < -0.3 is 5.73 Å². The minimum absolute atomic E-state index is 0.122. The van der Waals surface area contributed by atoms with Crippen molar-refractivity contribution in [3.63, 3.8) is 0 Å². The van der Waals surface area contributed by atoms with Crippen LogP contribution in [0.4, 0.5) is 0 Å². The zero-order valence-electron chi connectivity index (χ0n) is 6.71. The zero-order valence-corrected chi connectivity index (χ0v) is 7.53. The first kappa shape index (κ1) is 9.76. The Morgan fingerprint density at radius 3 is 2.54 bits per heavy atom. The van der Waals surface area contributed by atoms with Gasteiger partial charge in [0.15, 0.2) is 0 Å². The predicted octanol–water partition coefficient (Wildman–Crippen LogP) is 0.610. The van der Waals surface area contributed by atoms with Crippen molar-refractivity contribution in [2.24, 2.45) is 10.1 Å². The Bertz CT molecular complexity index is 346. The quantitative estimate of drug-likeness (QED) is 0.753. The van der Waals surface area contributed by atoms with Gasteiger partial charge in [-0.1, -0.05) is 30.3 Å². The number of rotatable bonds is 2. The number of carbonyl (C=O) groups excluding carboxylic acids is 1. The fourth-order valence-corrected chi connectivity index (χ4v) is 1.08. The van der Waals surface area contributed by atoms with E-state index in [9.17, 15) is 9.00 Å². The van der Waals surface area contributed by atoms with E-state index in [-0.39, 0.29) is 11.5 Å². The summed E-state index contributed by atoms with van der Waals surface area (Å²) >= 11 is -0.122. The van der Waals surface area contributed by atoms with Gasteiger partial charge in [-0.3, -0.25) is 4.79 Å². The molecule has 0 aromatic heterocycles. The summed E-state index contributed by atoms with van der Waals surface area (Å²) in [6, 6.07) is 7.96. The molecule has 4 nitrogen and oxygen atoms in total. The Balaban J connectivity index is 2.85. The van der Waals surface area contributed by atoms with Crippen molar-refractivity contribution >= 4 is 17.4 Å². The molecule has 0 saturated heterocycles. The van der Waals surface area contributed by atoms with Gasteiger partial charge in [0.05, 0.1) is 0 Å². The Labute approximate surface area is 79.0 Å². The molecule has 0 spiro atoms. The van der Waals surface area contributed by atoms with Crippen molar-refractivity contribution in [1.82, 2.24) is 0 Å². The van der Waals surface area contributed by atoms with Crippen molar-refractivity contribution in [2.75, 3.05) is 0 Å². The van der Waals surface area contributed by atoms with Gasteiger partial charge in [0.2, 0.25) is 11.5 Å². The fourth-order valence-electron chi connectivity index (χ4n) is 0.896. The molecule has 0 radical (unpaired) electrons. The first-order valence-electron chi connectivity index (χ1n) is 3.60. The summed E-state index contributed by atoms with van der Waals surface area (Å²) in [5.74, 6) is -0.605. The van der Waals surface area contributed by atoms with Crippen molar-refractivity contribution in [3.05, 3.63) is 35.9 Å². The Morgan fingerprint density at radius 1 is 1.38 bits per heavy atom. The predicted molar refractivity (Wildman–Crippen MR) is 48.9 cm³/mol. The summed E-state index contributed by atoms with van der Waals surface area (Å²) in [6.45, 7) is 0. The highest BCUT2D eigenvalue weighted by atomic mass is 32.1. The number of hydrogen-bond acceptors (Lipinski definition) is 3. The van der Waals surface area contributed by atoms with Gasteiger partial charge in [-0.15, -0.1) is 4.36 Å². The van der Waals surface area contributed by atoms with Gasteiger partial charge in [-0.25, -0.2) is 0 Å². The van der Waals surface area contributed by atoms with Crippen LogP contribution in [0.25, 0.3) is 0 Å². The van der Waals surface area contributed by atoms with Crippen LogP contribution in [0.1, 0.15) is 11.6 Å². The van der Waals surface area contributed by atoms with Gasteiger partial charge in [0.25, 0.3) is 5.91 Å². The zero-order chi connectivity index (χ0) is 9.68. The first-order valence-corrected chi connectivity index (χ1v) is 4.30. The smallest absolute Gasteiger partial charge is 0.280 e. The average molecular weight is 196 g/mol. The molecule has 1 amide bonds. The fraction of sp³-hybridized carbons (Fsp3) is 0.125. The van der Waals surface area contributed by atoms with E-state index in [0.717, 1.165) is 0 Å². The van der Waals surface area contributed by atoms with Crippen LogP contribution in [0.15, 0.2) is 34.7 Å². The van der Waals surface area contributed by atoms with Crippen LogP contribution in [-0.4, -0.2) is 10.1 Å². The third-order valence-electron chi connectivity index (χ3n) is 1.55. The molecular formula is C8H8N2O2S. The van der Waals surface area contributed by atoms with E-state index in [2.05, 4.69) is 4.36 Å². The summed E-state index contributed by atoms with van der Waals surface area (Å²) in [4.78, 5) is 11.0. The minimum atomic E-state index is -0.831. The summed E-state index contributed by atoms with van der Waals surface area (Å²) in [7, 11) is 0. The van der Waals surface area contributed by atoms with Gasteiger partial charge >= 0.3 is 0 Å². The van der Waals surface area contributed by atoms with E-state index in [1.54, 1.807) is 24.3 Å².